The molecule has 1 N–H and O–H groups in total. The van der Waals surface area contributed by atoms with Gasteiger partial charge in [-0.05, 0) is 36.7 Å². The Bertz CT molecular complexity index is 543. The second-order valence-electron chi connectivity index (χ2n) is 4.78. The molecule has 0 atom stereocenters. The summed E-state index contributed by atoms with van der Waals surface area (Å²) in [5.74, 6) is 1.58. The van der Waals surface area contributed by atoms with E-state index in [1.165, 1.54) is 16.9 Å². The molecule has 1 aromatic heterocycles. The molecule has 0 aliphatic rings. The van der Waals surface area contributed by atoms with Crippen LogP contribution in [0.25, 0.3) is 0 Å². The minimum Gasteiger partial charge on any atom is -0.481 e. The molecule has 112 valence electrons. The Labute approximate surface area is 131 Å². The highest BCUT2D eigenvalue weighted by atomic mass is 32.2. The van der Waals surface area contributed by atoms with Crippen LogP contribution in [0.1, 0.15) is 24.5 Å². The van der Waals surface area contributed by atoms with Crippen molar-refractivity contribution in [3.8, 4) is 5.88 Å². The van der Waals surface area contributed by atoms with E-state index >= 15 is 0 Å². The van der Waals surface area contributed by atoms with E-state index in [1.54, 1.807) is 25.1 Å². The molecule has 4 heteroatoms. The summed E-state index contributed by atoms with van der Waals surface area (Å²) < 4.78 is 5.28. The number of thioether (sulfide) groups is 1. The summed E-state index contributed by atoms with van der Waals surface area (Å²) in [4.78, 5) is 5.49. The Morgan fingerprint density at radius 2 is 2.00 bits per heavy atom. The number of hydrogen-bond donors (Lipinski definition) is 1. The highest BCUT2D eigenvalue weighted by Gasteiger charge is 2.04. The fourth-order valence-electron chi connectivity index (χ4n) is 1.99. The first kappa shape index (κ1) is 15.9. The summed E-state index contributed by atoms with van der Waals surface area (Å²) in [5, 5.41) is 3.41. The molecule has 1 heterocycles. The molecule has 0 amide bonds. The molecule has 0 fully saturated rings. The molecule has 3 nitrogen and oxygen atoms in total. The van der Waals surface area contributed by atoms with Crippen LogP contribution >= 0.6 is 11.8 Å². The molecule has 0 saturated heterocycles. The van der Waals surface area contributed by atoms with Crippen molar-refractivity contribution < 1.29 is 4.74 Å². The Hall–Kier alpha value is -1.52. The first-order chi connectivity index (χ1) is 10.3. The zero-order valence-electron chi connectivity index (χ0n) is 12.6. The predicted molar refractivity (Wildman–Crippen MR) is 88.8 cm³/mol. The monoisotopic (exact) mass is 302 g/mol. The van der Waals surface area contributed by atoms with Crippen LogP contribution in [0.4, 0.5) is 0 Å². The molecule has 0 radical (unpaired) electrons. The summed E-state index contributed by atoms with van der Waals surface area (Å²) in [6.45, 7) is 4.19. The Kier molecular flexibility index (Phi) is 6.57. The number of aromatic nitrogens is 1. The zero-order valence-corrected chi connectivity index (χ0v) is 13.5. The molecular weight excluding hydrogens is 280 g/mol. The molecular formula is C17H22N2OS. The highest BCUT2D eigenvalue weighted by Crippen LogP contribution is 2.26. The first-order valence-corrected chi connectivity index (χ1v) is 8.22. The van der Waals surface area contributed by atoms with Crippen LogP contribution in [0.5, 0.6) is 5.88 Å². The van der Waals surface area contributed by atoms with E-state index in [2.05, 4.69) is 47.6 Å². The van der Waals surface area contributed by atoms with Gasteiger partial charge in [-0.25, -0.2) is 4.98 Å². The second kappa shape index (κ2) is 8.70. The van der Waals surface area contributed by atoms with Gasteiger partial charge in [-0.1, -0.05) is 25.1 Å². The van der Waals surface area contributed by atoms with E-state index in [9.17, 15) is 0 Å². The normalized spacial score (nSPS) is 10.6. The van der Waals surface area contributed by atoms with E-state index in [0.717, 1.165) is 24.4 Å². The largest absolute Gasteiger partial charge is 0.481 e. The summed E-state index contributed by atoms with van der Waals surface area (Å²) in [5.41, 5.74) is 2.45. The first-order valence-electron chi connectivity index (χ1n) is 7.24. The van der Waals surface area contributed by atoms with E-state index in [4.69, 9.17) is 4.74 Å². The topological polar surface area (TPSA) is 34.2 Å². The molecule has 0 spiro atoms. The fraction of sp³-hybridized carbons (Fsp3) is 0.353. The van der Waals surface area contributed by atoms with Crippen molar-refractivity contribution in [2.24, 2.45) is 0 Å². The molecule has 0 unspecified atom stereocenters. The standard InChI is InChI=1S/C17H22N2OS/c1-3-10-18-12-14-6-8-16(9-7-14)21-13-15-5-4-11-19-17(15)20-2/h4-9,11,18H,3,10,12-13H2,1-2H3. The fourth-order valence-corrected chi connectivity index (χ4v) is 2.86. The second-order valence-corrected chi connectivity index (χ2v) is 5.83. The predicted octanol–water partition coefficient (Wildman–Crippen LogP) is 3.88. The van der Waals surface area contributed by atoms with Crippen LogP contribution in [-0.4, -0.2) is 18.6 Å². The zero-order chi connectivity index (χ0) is 14.9. The van der Waals surface area contributed by atoms with Crippen LogP contribution in [0.15, 0.2) is 47.5 Å². The number of nitrogens with zero attached hydrogens (tertiary/aromatic N) is 1. The number of nitrogens with one attached hydrogen (secondary N) is 1. The lowest BCUT2D eigenvalue weighted by Gasteiger charge is -2.07. The third-order valence-corrected chi connectivity index (χ3v) is 4.18. The van der Waals surface area contributed by atoms with Gasteiger partial charge in [-0.3, -0.25) is 0 Å². The van der Waals surface area contributed by atoms with Crippen molar-refractivity contribution in [1.29, 1.82) is 0 Å². The molecule has 0 aliphatic carbocycles. The van der Waals surface area contributed by atoms with Gasteiger partial charge < -0.3 is 10.1 Å². The van der Waals surface area contributed by atoms with Gasteiger partial charge in [0.1, 0.15) is 0 Å². The Morgan fingerprint density at radius 3 is 2.71 bits per heavy atom. The van der Waals surface area contributed by atoms with Crippen molar-refractivity contribution in [2.45, 2.75) is 30.5 Å². The van der Waals surface area contributed by atoms with Crippen LogP contribution in [0.2, 0.25) is 0 Å². The maximum Gasteiger partial charge on any atom is 0.217 e. The number of benzene rings is 1. The smallest absolute Gasteiger partial charge is 0.217 e. The van der Waals surface area contributed by atoms with Gasteiger partial charge in [0.05, 0.1) is 7.11 Å². The molecule has 0 bridgehead atoms. The van der Waals surface area contributed by atoms with E-state index in [1.807, 2.05) is 6.07 Å². The van der Waals surface area contributed by atoms with Gasteiger partial charge in [0.2, 0.25) is 5.88 Å². The molecule has 2 aromatic rings. The van der Waals surface area contributed by atoms with E-state index < -0.39 is 0 Å². The van der Waals surface area contributed by atoms with E-state index in [-0.39, 0.29) is 0 Å². The summed E-state index contributed by atoms with van der Waals surface area (Å²) >= 11 is 1.80. The quantitative estimate of drug-likeness (QED) is 0.593. The van der Waals surface area contributed by atoms with Crippen LogP contribution in [-0.2, 0) is 12.3 Å². The SMILES string of the molecule is CCCNCc1ccc(SCc2cccnc2OC)cc1. The van der Waals surface area contributed by atoms with Gasteiger partial charge >= 0.3 is 0 Å². The molecule has 21 heavy (non-hydrogen) atoms. The summed E-state index contributed by atoms with van der Waals surface area (Å²) in [7, 11) is 1.66. The van der Waals surface area contributed by atoms with Crippen molar-refractivity contribution >= 4 is 11.8 Å². The lowest BCUT2D eigenvalue weighted by atomic mass is 10.2. The lowest BCUT2D eigenvalue weighted by molar-refractivity contribution is 0.394. The van der Waals surface area contributed by atoms with Gasteiger partial charge in [-0.15, -0.1) is 11.8 Å². The molecule has 0 aliphatic heterocycles. The third kappa shape index (κ3) is 5.06. The van der Waals surface area contributed by atoms with Gasteiger partial charge in [0.25, 0.3) is 0 Å². The maximum atomic E-state index is 5.28. The number of ether oxygens (including phenoxy) is 1. The van der Waals surface area contributed by atoms with Crippen molar-refractivity contribution in [2.75, 3.05) is 13.7 Å². The average molecular weight is 302 g/mol. The van der Waals surface area contributed by atoms with Crippen LogP contribution in [0.3, 0.4) is 0 Å². The van der Waals surface area contributed by atoms with Crippen LogP contribution < -0.4 is 10.1 Å². The van der Waals surface area contributed by atoms with Crippen molar-refractivity contribution in [1.82, 2.24) is 10.3 Å². The van der Waals surface area contributed by atoms with E-state index in [0.29, 0.717) is 5.88 Å². The molecule has 0 saturated carbocycles. The number of hydrogen-bond acceptors (Lipinski definition) is 4. The third-order valence-electron chi connectivity index (χ3n) is 3.12. The minimum atomic E-state index is 0.713. The Morgan fingerprint density at radius 1 is 1.19 bits per heavy atom. The van der Waals surface area contributed by atoms with Crippen LogP contribution in [0, 0.1) is 0 Å². The van der Waals surface area contributed by atoms with Crippen molar-refractivity contribution in [3.63, 3.8) is 0 Å². The molecule has 2 rings (SSSR count). The van der Waals surface area contributed by atoms with Gasteiger partial charge in [-0.2, -0.15) is 0 Å². The van der Waals surface area contributed by atoms with Gasteiger partial charge in [0.15, 0.2) is 0 Å². The lowest BCUT2D eigenvalue weighted by Crippen LogP contribution is -2.13. The van der Waals surface area contributed by atoms with Gasteiger partial charge in [0, 0.05) is 29.0 Å². The average Bonchev–Trinajstić information content (AvgIpc) is 2.54. The Balaban J connectivity index is 1.88. The summed E-state index contributed by atoms with van der Waals surface area (Å²) in [6, 6.07) is 12.7. The maximum absolute atomic E-state index is 5.28. The highest BCUT2D eigenvalue weighted by molar-refractivity contribution is 7.98. The number of pyridine rings is 1. The number of methoxy groups -OCH3 is 1. The number of rotatable bonds is 8. The summed E-state index contributed by atoms with van der Waals surface area (Å²) in [6.07, 6.45) is 2.92. The minimum absolute atomic E-state index is 0.713. The van der Waals surface area contributed by atoms with Crippen molar-refractivity contribution in [3.05, 3.63) is 53.7 Å². The molecule has 1 aromatic carbocycles.